The fourth-order valence-electron chi connectivity index (χ4n) is 3.62. The third kappa shape index (κ3) is 4.67. The molecule has 2 aromatic carbocycles. The van der Waals surface area contributed by atoms with Crippen LogP contribution in [0.4, 0.5) is 10.1 Å². The molecule has 2 N–H and O–H groups in total. The lowest BCUT2D eigenvalue weighted by atomic mass is 9.92. The average Bonchev–Trinajstić information content (AvgIpc) is 2.73. The van der Waals surface area contributed by atoms with Gasteiger partial charge < -0.3 is 15.5 Å². The number of fused-ring (bicyclic) bond motifs is 1. The monoisotopic (exact) mass is 411 g/mol. The number of halogens is 1. The predicted molar refractivity (Wildman–Crippen MR) is 112 cm³/mol. The lowest BCUT2D eigenvalue weighted by Gasteiger charge is -2.36. The highest BCUT2D eigenvalue weighted by atomic mass is 19.1. The van der Waals surface area contributed by atoms with Gasteiger partial charge in [-0.25, -0.2) is 4.39 Å². The molecule has 0 spiro atoms. The molecule has 0 saturated heterocycles. The summed E-state index contributed by atoms with van der Waals surface area (Å²) >= 11 is 0. The third-order valence-corrected chi connectivity index (χ3v) is 5.16. The van der Waals surface area contributed by atoms with Gasteiger partial charge in [0.15, 0.2) is 0 Å². The van der Waals surface area contributed by atoms with E-state index in [0.29, 0.717) is 25.1 Å². The molecule has 30 heavy (non-hydrogen) atoms. The largest absolute Gasteiger partial charge is 0.355 e. The minimum absolute atomic E-state index is 0.0789. The van der Waals surface area contributed by atoms with Crippen molar-refractivity contribution in [2.75, 3.05) is 12.4 Å². The van der Waals surface area contributed by atoms with Gasteiger partial charge in [-0.2, -0.15) is 0 Å². The first-order chi connectivity index (χ1) is 14.3. The maximum Gasteiger partial charge on any atom is 0.254 e. The lowest BCUT2D eigenvalue weighted by molar-refractivity contribution is -0.140. The number of benzene rings is 2. The van der Waals surface area contributed by atoms with Crippen LogP contribution in [0.5, 0.6) is 0 Å². The van der Waals surface area contributed by atoms with Crippen LogP contribution in [0.15, 0.2) is 42.5 Å². The van der Waals surface area contributed by atoms with Crippen LogP contribution in [-0.4, -0.2) is 35.7 Å². The van der Waals surface area contributed by atoms with E-state index < -0.39 is 17.8 Å². The van der Waals surface area contributed by atoms with Crippen molar-refractivity contribution in [2.24, 2.45) is 5.92 Å². The molecule has 0 bridgehead atoms. The van der Waals surface area contributed by atoms with Crippen molar-refractivity contribution in [1.29, 1.82) is 0 Å². The first-order valence-electron chi connectivity index (χ1n) is 9.99. The summed E-state index contributed by atoms with van der Waals surface area (Å²) in [4.78, 5) is 39.4. The Bertz CT molecular complexity index is 974. The number of carbonyl (C=O) groups excluding carboxylic acids is 3. The van der Waals surface area contributed by atoms with Gasteiger partial charge in [0.25, 0.3) is 5.91 Å². The van der Waals surface area contributed by atoms with Crippen LogP contribution in [-0.2, 0) is 22.6 Å². The lowest BCUT2D eigenvalue weighted by Crippen LogP contribution is -2.50. The van der Waals surface area contributed by atoms with Crippen LogP contribution < -0.4 is 10.6 Å². The molecule has 3 amide bonds. The number of anilines is 1. The smallest absolute Gasteiger partial charge is 0.254 e. The van der Waals surface area contributed by atoms with Crippen LogP contribution in [0.1, 0.15) is 41.8 Å². The van der Waals surface area contributed by atoms with Crippen molar-refractivity contribution < 1.29 is 18.8 Å². The molecular formula is C23H26FN3O3. The average molecular weight is 411 g/mol. The summed E-state index contributed by atoms with van der Waals surface area (Å²) in [6, 6.07) is 10.9. The van der Waals surface area contributed by atoms with Crippen molar-refractivity contribution in [2.45, 2.75) is 39.3 Å². The molecular weight excluding hydrogens is 385 g/mol. The second-order valence-corrected chi connectivity index (χ2v) is 7.87. The standard InChI is InChI=1S/C23H26FN3O3/c1-14(2)10-21(28)27-13-16-7-5-4-6-15(16)11-20(27)23(30)26-17-8-9-19(24)18(12-17)22(29)25-3/h4-9,12,14,20H,10-11,13H2,1-3H3,(H,25,29)(H,26,30). The summed E-state index contributed by atoms with van der Waals surface area (Å²) in [6.07, 6.45) is 0.749. The normalized spacial score (nSPS) is 15.5. The van der Waals surface area contributed by atoms with E-state index in [1.54, 1.807) is 4.90 Å². The van der Waals surface area contributed by atoms with Crippen LogP contribution in [0.25, 0.3) is 0 Å². The van der Waals surface area contributed by atoms with E-state index in [4.69, 9.17) is 0 Å². The summed E-state index contributed by atoms with van der Waals surface area (Å²) in [5.74, 6) is -1.52. The van der Waals surface area contributed by atoms with Gasteiger partial charge in [0.05, 0.1) is 5.56 Å². The first-order valence-corrected chi connectivity index (χ1v) is 9.99. The number of carbonyl (C=O) groups is 3. The summed E-state index contributed by atoms with van der Waals surface area (Å²) in [5, 5.41) is 5.12. The fourth-order valence-corrected chi connectivity index (χ4v) is 3.62. The van der Waals surface area contributed by atoms with Crippen molar-refractivity contribution >= 4 is 23.4 Å². The number of nitrogens with one attached hydrogen (secondary N) is 2. The zero-order chi connectivity index (χ0) is 21.8. The van der Waals surface area contributed by atoms with E-state index in [9.17, 15) is 18.8 Å². The van der Waals surface area contributed by atoms with Crippen LogP contribution in [0.2, 0.25) is 0 Å². The second kappa shape index (κ2) is 9.07. The topological polar surface area (TPSA) is 78.5 Å². The van der Waals surface area contributed by atoms with Crippen molar-refractivity contribution in [3.63, 3.8) is 0 Å². The molecule has 7 heteroatoms. The molecule has 0 aliphatic carbocycles. The molecule has 0 aromatic heterocycles. The van der Waals surface area contributed by atoms with Crippen LogP contribution in [0.3, 0.4) is 0 Å². The van der Waals surface area contributed by atoms with Gasteiger partial charge in [0.1, 0.15) is 11.9 Å². The second-order valence-electron chi connectivity index (χ2n) is 7.87. The predicted octanol–water partition coefficient (Wildman–Crippen LogP) is 3.12. The number of rotatable bonds is 5. The zero-order valence-electron chi connectivity index (χ0n) is 17.4. The molecule has 1 unspecified atom stereocenters. The summed E-state index contributed by atoms with van der Waals surface area (Å²) in [7, 11) is 1.41. The van der Waals surface area contributed by atoms with Gasteiger partial charge in [-0.15, -0.1) is 0 Å². The number of amides is 3. The minimum atomic E-state index is -0.681. The van der Waals surface area contributed by atoms with Gasteiger partial charge in [0.2, 0.25) is 11.8 Å². The Balaban J connectivity index is 1.86. The van der Waals surface area contributed by atoms with Gasteiger partial charge in [-0.1, -0.05) is 38.1 Å². The zero-order valence-corrected chi connectivity index (χ0v) is 17.4. The van der Waals surface area contributed by atoms with Crippen molar-refractivity contribution in [1.82, 2.24) is 10.2 Å². The van der Waals surface area contributed by atoms with E-state index in [1.807, 2.05) is 38.1 Å². The maximum absolute atomic E-state index is 13.9. The fraction of sp³-hybridized carbons (Fsp3) is 0.348. The molecule has 6 nitrogen and oxygen atoms in total. The highest BCUT2D eigenvalue weighted by Gasteiger charge is 2.34. The highest BCUT2D eigenvalue weighted by Crippen LogP contribution is 2.26. The molecule has 1 atom stereocenters. The van der Waals surface area contributed by atoms with Crippen LogP contribution in [0, 0.1) is 11.7 Å². The number of nitrogens with zero attached hydrogens (tertiary/aromatic N) is 1. The van der Waals surface area contributed by atoms with Gasteiger partial charge in [0, 0.05) is 32.1 Å². The van der Waals surface area contributed by atoms with E-state index in [1.165, 1.54) is 19.2 Å². The Labute approximate surface area is 175 Å². The van der Waals surface area contributed by atoms with Gasteiger partial charge in [-0.3, -0.25) is 14.4 Å². The Morgan fingerprint density at radius 1 is 1.13 bits per heavy atom. The van der Waals surface area contributed by atoms with Crippen molar-refractivity contribution in [3.8, 4) is 0 Å². The SMILES string of the molecule is CNC(=O)c1cc(NC(=O)C2Cc3ccccc3CN2C(=O)CC(C)C)ccc1F. The Morgan fingerprint density at radius 3 is 2.50 bits per heavy atom. The summed E-state index contributed by atoms with van der Waals surface area (Å²) < 4.78 is 13.9. The molecule has 158 valence electrons. The molecule has 1 aliphatic rings. The Hall–Kier alpha value is -3.22. The molecule has 3 rings (SSSR count). The van der Waals surface area contributed by atoms with E-state index in [0.717, 1.165) is 17.2 Å². The number of hydrogen-bond acceptors (Lipinski definition) is 3. The maximum atomic E-state index is 13.9. The van der Waals surface area contributed by atoms with Crippen LogP contribution >= 0.6 is 0 Å². The third-order valence-electron chi connectivity index (χ3n) is 5.16. The molecule has 0 fully saturated rings. The quantitative estimate of drug-likeness (QED) is 0.794. The molecule has 2 aromatic rings. The highest BCUT2D eigenvalue weighted by molar-refractivity contribution is 6.00. The molecule has 1 heterocycles. The molecule has 1 aliphatic heterocycles. The molecule has 0 saturated carbocycles. The minimum Gasteiger partial charge on any atom is -0.355 e. The Kier molecular flexibility index (Phi) is 6.50. The number of hydrogen-bond donors (Lipinski definition) is 2. The van der Waals surface area contributed by atoms with E-state index >= 15 is 0 Å². The van der Waals surface area contributed by atoms with E-state index in [2.05, 4.69) is 10.6 Å². The van der Waals surface area contributed by atoms with Gasteiger partial charge in [-0.05, 0) is 35.2 Å². The van der Waals surface area contributed by atoms with E-state index in [-0.39, 0.29) is 23.3 Å². The summed E-state index contributed by atoms with van der Waals surface area (Å²) in [5.41, 5.74) is 2.20. The van der Waals surface area contributed by atoms with Crippen molar-refractivity contribution in [3.05, 3.63) is 65.0 Å². The Morgan fingerprint density at radius 2 is 1.83 bits per heavy atom. The molecule has 0 radical (unpaired) electrons. The summed E-state index contributed by atoms with van der Waals surface area (Å²) in [6.45, 7) is 4.29. The first kappa shape index (κ1) is 21.5. The van der Waals surface area contributed by atoms with Gasteiger partial charge >= 0.3 is 0 Å².